The third-order valence-electron chi connectivity index (χ3n) is 4.58. The molecule has 4 unspecified atom stereocenters. The van der Waals surface area contributed by atoms with Crippen molar-refractivity contribution in [2.24, 2.45) is 0 Å². The molecule has 1 aliphatic heterocycles. The number of halogens is 1. The summed E-state index contributed by atoms with van der Waals surface area (Å²) >= 11 is 0. The number of aliphatic hydroxyl groups is 2. The molecule has 1 fully saturated rings. The number of hydrogen-bond donors (Lipinski definition) is 4. The molecule has 0 radical (unpaired) electrons. The van der Waals surface area contributed by atoms with E-state index in [1.165, 1.54) is 17.8 Å². The molecule has 0 aliphatic carbocycles. The lowest BCUT2D eigenvalue weighted by molar-refractivity contribution is -0.0563. The van der Waals surface area contributed by atoms with Gasteiger partial charge in [0.1, 0.15) is 30.0 Å². The summed E-state index contributed by atoms with van der Waals surface area (Å²) in [6, 6.07) is 1.74. The summed E-state index contributed by atoms with van der Waals surface area (Å²) in [5.41, 5.74) is 5.51. The highest BCUT2D eigenvalue weighted by molar-refractivity contribution is 5.99. The number of alkyl halides is 1. The molecule has 4 atom stereocenters. The number of ether oxygens (including phenoxy) is 1. The van der Waals surface area contributed by atoms with Crippen molar-refractivity contribution in [2.45, 2.75) is 31.0 Å². The van der Waals surface area contributed by atoms with Crippen molar-refractivity contribution in [1.82, 2.24) is 24.7 Å². The molecule has 4 rings (SSSR count). The molecule has 25 heavy (non-hydrogen) atoms. The van der Waals surface area contributed by atoms with Gasteiger partial charge >= 0.3 is 0 Å². The molecule has 1 saturated heterocycles. The van der Waals surface area contributed by atoms with Gasteiger partial charge in [-0.05, 0) is 13.0 Å². The topological polar surface area (TPSA) is 135 Å². The van der Waals surface area contributed by atoms with Gasteiger partial charge in [0.25, 0.3) is 0 Å². The predicted octanol–water partition coefficient (Wildman–Crippen LogP) is 0.382. The largest absolute Gasteiger partial charge is 0.394 e. The van der Waals surface area contributed by atoms with E-state index in [-0.39, 0.29) is 5.82 Å². The molecule has 10 heteroatoms. The third-order valence-corrected chi connectivity index (χ3v) is 4.58. The van der Waals surface area contributed by atoms with Crippen LogP contribution in [0.2, 0.25) is 0 Å². The van der Waals surface area contributed by atoms with Crippen molar-refractivity contribution in [3.8, 4) is 11.3 Å². The summed E-state index contributed by atoms with van der Waals surface area (Å²) in [6.07, 6.45) is 0.776. The number of nitrogen functional groups attached to an aromatic ring is 1. The molecule has 3 aromatic rings. The fourth-order valence-corrected chi connectivity index (χ4v) is 3.26. The highest BCUT2D eigenvalue weighted by atomic mass is 19.1. The van der Waals surface area contributed by atoms with Crippen LogP contribution in [-0.2, 0) is 4.74 Å². The first kappa shape index (κ1) is 15.9. The van der Waals surface area contributed by atoms with Crippen molar-refractivity contribution in [2.75, 3.05) is 12.3 Å². The quantitative estimate of drug-likeness (QED) is 0.537. The Hall–Kier alpha value is -2.56. The average Bonchev–Trinajstić information content (AvgIpc) is 3.27. The number of H-pyrrole nitrogens is 1. The number of anilines is 1. The van der Waals surface area contributed by atoms with Crippen molar-refractivity contribution in [1.29, 1.82) is 0 Å². The van der Waals surface area contributed by atoms with Gasteiger partial charge in [0.2, 0.25) is 0 Å². The lowest BCUT2D eigenvalue weighted by Crippen LogP contribution is -2.40. The zero-order valence-corrected chi connectivity index (χ0v) is 13.3. The smallest absolute Gasteiger partial charge is 0.181 e. The molecule has 0 saturated carbocycles. The fraction of sp³-hybridized carbons (Fsp3) is 0.400. The fourth-order valence-electron chi connectivity index (χ4n) is 3.26. The number of nitrogens with two attached hydrogens (primary N) is 1. The van der Waals surface area contributed by atoms with Crippen molar-refractivity contribution in [3.05, 3.63) is 24.8 Å². The van der Waals surface area contributed by atoms with Crippen LogP contribution in [0.15, 0.2) is 24.8 Å². The van der Waals surface area contributed by atoms with Crippen LogP contribution in [0.3, 0.4) is 0 Å². The Morgan fingerprint density at radius 3 is 2.92 bits per heavy atom. The number of aromatic amines is 1. The van der Waals surface area contributed by atoms with Gasteiger partial charge in [-0.2, -0.15) is 5.10 Å². The number of rotatable bonds is 3. The van der Waals surface area contributed by atoms with Crippen LogP contribution in [0.4, 0.5) is 10.2 Å². The number of aromatic nitrogens is 5. The summed E-state index contributed by atoms with van der Waals surface area (Å²) in [6.45, 7) is 0.727. The van der Waals surface area contributed by atoms with E-state index >= 15 is 4.39 Å². The van der Waals surface area contributed by atoms with Gasteiger partial charge in [0.15, 0.2) is 11.9 Å². The van der Waals surface area contributed by atoms with Gasteiger partial charge in [-0.25, -0.2) is 14.4 Å². The molecule has 0 aromatic carbocycles. The van der Waals surface area contributed by atoms with E-state index in [1.54, 1.807) is 18.5 Å². The Balaban J connectivity index is 1.93. The summed E-state index contributed by atoms with van der Waals surface area (Å²) in [5.74, 6) is 0.228. The van der Waals surface area contributed by atoms with Crippen molar-refractivity contribution >= 4 is 16.9 Å². The van der Waals surface area contributed by atoms with Crippen LogP contribution >= 0.6 is 0 Å². The van der Waals surface area contributed by atoms with E-state index in [4.69, 9.17) is 10.5 Å². The minimum Gasteiger partial charge on any atom is -0.394 e. The molecule has 9 nitrogen and oxygen atoms in total. The average molecular weight is 348 g/mol. The van der Waals surface area contributed by atoms with E-state index in [2.05, 4.69) is 20.2 Å². The molecule has 1 aliphatic rings. The van der Waals surface area contributed by atoms with E-state index in [9.17, 15) is 10.2 Å². The third kappa shape index (κ3) is 2.22. The first-order valence-corrected chi connectivity index (χ1v) is 7.69. The molecule has 0 bridgehead atoms. The van der Waals surface area contributed by atoms with Gasteiger partial charge in [-0.15, -0.1) is 0 Å². The molecule has 5 N–H and O–H groups in total. The standard InChI is InChI=1S/C15H17FN6O3/c1-15(16)11(24)9(5-23)25-14(15)22-4-7(8-2-3-20-21-8)10-12(17)18-6-19-13(10)22/h2-4,6,9,11,14,23-24H,5H2,1H3,(H,20,21)(H2,17,18,19). The van der Waals surface area contributed by atoms with Gasteiger partial charge in [-0.1, -0.05) is 0 Å². The van der Waals surface area contributed by atoms with Crippen LogP contribution in [0.25, 0.3) is 22.3 Å². The number of aliphatic hydroxyl groups excluding tert-OH is 2. The molecule has 4 heterocycles. The minimum absolute atomic E-state index is 0.228. The highest BCUT2D eigenvalue weighted by Crippen LogP contribution is 2.44. The Kier molecular flexibility index (Phi) is 3.49. The normalized spacial score (nSPS) is 29.5. The highest BCUT2D eigenvalue weighted by Gasteiger charge is 2.55. The zero-order valence-electron chi connectivity index (χ0n) is 13.3. The monoisotopic (exact) mass is 348 g/mol. The van der Waals surface area contributed by atoms with Crippen molar-refractivity contribution < 1.29 is 19.3 Å². The molecule has 3 aromatic heterocycles. The Labute approximate surface area is 141 Å². The second-order valence-corrected chi connectivity index (χ2v) is 6.18. The van der Waals surface area contributed by atoms with Crippen molar-refractivity contribution in [3.63, 3.8) is 0 Å². The maximum Gasteiger partial charge on any atom is 0.181 e. The van der Waals surface area contributed by atoms with E-state index in [0.717, 1.165) is 0 Å². The molecular formula is C15H17FN6O3. The molecule has 0 spiro atoms. The van der Waals surface area contributed by atoms with Gasteiger partial charge < -0.3 is 25.3 Å². The summed E-state index contributed by atoms with van der Waals surface area (Å²) in [4.78, 5) is 8.20. The summed E-state index contributed by atoms with van der Waals surface area (Å²) in [5, 5.41) is 26.7. The Morgan fingerprint density at radius 1 is 1.48 bits per heavy atom. The van der Waals surface area contributed by atoms with Crippen LogP contribution in [0.1, 0.15) is 13.2 Å². The van der Waals surface area contributed by atoms with Gasteiger partial charge in [-0.3, -0.25) is 5.10 Å². The lowest BCUT2D eigenvalue weighted by atomic mass is 9.98. The first-order valence-electron chi connectivity index (χ1n) is 7.69. The second kappa shape index (κ2) is 5.48. The summed E-state index contributed by atoms with van der Waals surface area (Å²) < 4.78 is 22.2. The Morgan fingerprint density at radius 2 is 2.28 bits per heavy atom. The predicted molar refractivity (Wildman–Crippen MR) is 86.0 cm³/mol. The maximum absolute atomic E-state index is 15.2. The number of hydrogen-bond acceptors (Lipinski definition) is 7. The van der Waals surface area contributed by atoms with Crippen LogP contribution in [0.5, 0.6) is 0 Å². The molecule has 0 amide bonds. The van der Waals surface area contributed by atoms with Gasteiger partial charge in [0.05, 0.1) is 17.7 Å². The second-order valence-electron chi connectivity index (χ2n) is 6.18. The van der Waals surface area contributed by atoms with Gasteiger partial charge in [0, 0.05) is 18.0 Å². The molecular weight excluding hydrogens is 331 g/mol. The summed E-state index contributed by atoms with van der Waals surface area (Å²) in [7, 11) is 0. The number of nitrogens with zero attached hydrogens (tertiary/aromatic N) is 4. The number of nitrogens with one attached hydrogen (secondary N) is 1. The van der Waals surface area contributed by atoms with E-state index in [1.807, 2.05) is 0 Å². The Bertz CT molecular complexity index is 910. The minimum atomic E-state index is -2.13. The van der Waals surface area contributed by atoms with Crippen LogP contribution in [0, 0.1) is 0 Å². The SMILES string of the molecule is CC1(F)C(O)C(CO)OC1n1cc(-c2ccn[nH]2)c2c(N)ncnc21. The molecule has 132 valence electrons. The van der Waals surface area contributed by atoms with E-state index < -0.39 is 30.7 Å². The first-order chi connectivity index (χ1) is 11.9. The zero-order chi connectivity index (χ0) is 17.8. The van der Waals surface area contributed by atoms with Crippen LogP contribution in [-0.4, -0.2) is 59.4 Å². The van der Waals surface area contributed by atoms with Crippen LogP contribution < -0.4 is 5.73 Å². The number of fused-ring (bicyclic) bond motifs is 1. The maximum atomic E-state index is 15.2. The lowest BCUT2D eigenvalue weighted by Gasteiger charge is -2.25. The van der Waals surface area contributed by atoms with E-state index in [0.29, 0.717) is 22.3 Å².